The summed E-state index contributed by atoms with van der Waals surface area (Å²) < 4.78 is 0. The summed E-state index contributed by atoms with van der Waals surface area (Å²) in [6.45, 7) is 2.11. The van der Waals surface area contributed by atoms with E-state index in [1.54, 1.807) is 14.0 Å². The summed E-state index contributed by atoms with van der Waals surface area (Å²) in [4.78, 5) is 25.8. The number of hydrogen-bond donors (Lipinski definition) is 2. The summed E-state index contributed by atoms with van der Waals surface area (Å²) in [6.07, 6.45) is 1.17. The van der Waals surface area contributed by atoms with E-state index in [4.69, 9.17) is 10.2 Å². The van der Waals surface area contributed by atoms with Gasteiger partial charge in [0.15, 0.2) is 0 Å². The first-order valence-electron chi connectivity index (χ1n) is 5.30. The molecule has 1 rings (SSSR count). The van der Waals surface area contributed by atoms with E-state index in [-0.39, 0.29) is 19.2 Å². The van der Waals surface area contributed by atoms with Crippen molar-refractivity contribution in [2.75, 3.05) is 26.7 Å². The molecule has 2 N–H and O–H groups in total. The van der Waals surface area contributed by atoms with Crippen LogP contribution >= 0.6 is 0 Å². The molecule has 92 valence electrons. The number of amides is 2. The smallest absolute Gasteiger partial charge is 0.329 e. The van der Waals surface area contributed by atoms with E-state index in [2.05, 4.69) is 0 Å². The van der Waals surface area contributed by atoms with Crippen molar-refractivity contribution in [2.45, 2.75) is 25.3 Å². The first-order valence-corrected chi connectivity index (χ1v) is 5.30. The minimum Gasteiger partial charge on any atom is -0.480 e. The van der Waals surface area contributed by atoms with Crippen LogP contribution in [0.15, 0.2) is 0 Å². The van der Waals surface area contributed by atoms with Gasteiger partial charge >= 0.3 is 12.0 Å². The van der Waals surface area contributed by atoms with Crippen LogP contribution in [0, 0.1) is 0 Å². The SMILES string of the molecule is CN(CCO)C(=O)N1CCCC1(C)C(=O)O. The summed E-state index contributed by atoms with van der Waals surface area (Å²) in [5, 5.41) is 17.9. The van der Waals surface area contributed by atoms with Gasteiger partial charge in [0.25, 0.3) is 0 Å². The molecular weight excluding hydrogens is 212 g/mol. The fourth-order valence-corrected chi connectivity index (χ4v) is 1.94. The lowest BCUT2D eigenvalue weighted by Gasteiger charge is -2.34. The van der Waals surface area contributed by atoms with Crippen molar-refractivity contribution in [3.05, 3.63) is 0 Å². The zero-order chi connectivity index (χ0) is 12.3. The fraction of sp³-hybridized carbons (Fsp3) is 0.800. The van der Waals surface area contributed by atoms with Gasteiger partial charge in [0, 0.05) is 20.1 Å². The van der Waals surface area contributed by atoms with Crippen LogP contribution in [0.1, 0.15) is 19.8 Å². The van der Waals surface area contributed by atoms with Crippen LogP contribution in [-0.4, -0.2) is 64.3 Å². The molecule has 16 heavy (non-hydrogen) atoms. The molecule has 0 spiro atoms. The topological polar surface area (TPSA) is 81.1 Å². The van der Waals surface area contributed by atoms with Gasteiger partial charge in [-0.1, -0.05) is 0 Å². The number of nitrogens with zero attached hydrogens (tertiary/aromatic N) is 2. The van der Waals surface area contributed by atoms with Crippen molar-refractivity contribution in [3.63, 3.8) is 0 Å². The first-order chi connectivity index (χ1) is 7.43. The lowest BCUT2D eigenvalue weighted by molar-refractivity contribution is -0.147. The van der Waals surface area contributed by atoms with Crippen LogP contribution in [-0.2, 0) is 4.79 Å². The third-order valence-electron chi connectivity index (χ3n) is 3.09. The molecule has 1 aliphatic heterocycles. The number of carbonyl (C=O) groups is 2. The molecular formula is C10H18N2O4. The van der Waals surface area contributed by atoms with Crippen molar-refractivity contribution in [1.82, 2.24) is 9.80 Å². The molecule has 0 radical (unpaired) electrons. The number of carboxylic acid groups (broad SMARTS) is 1. The lowest BCUT2D eigenvalue weighted by Crippen LogP contribution is -2.54. The van der Waals surface area contributed by atoms with Crippen LogP contribution in [0.2, 0.25) is 0 Å². The molecule has 0 bridgehead atoms. The zero-order valence-corrected chi connectivity index (χ0v) is 9.64. The number of urea groups is 1. The average molecular weight is 230 g/mol. The van der Waals surface area contributed by atoms with Gasteiger partial charge in [-0.2, -0.15) is 0 Å². The Hall–Kier alpha value is -1.30. The summed E-state index contributed by atoms with van der Waals surface area (Å²) in [6, 6.07) is -0.337. The Morgan fingerprint density at radius 2 is 2.12 bits per heavy atom. The second-order valence-electron chi connectivity index (χ2n) is 4.26. The van der Waals surface area contributed by atoms with E-state index < -0.39 is 11.5 Å². The van der Waals surface area contributed by atoms with E-state index in [0.717, 1.165) is 0 Å². The van der Waals surface area contributed by atoms with Gasteiger partial charge in [-0.25, -0.2) is 9.59 Å². The number of aliphatic hydroxyl groups is 1. The molecule has 0 saturated carbocycles. The molecule has 0 aromatic heterocycles. The molecule has 6 heteroatoms. The van der Waals surface area contributed by atoms with Gasteiger partial charge < -0.3 is 20.0 Å². The number of hydrogen-bond acceptors (Lipinski definition) is 3. The number of rotatable bonds is 3. The minimum atomic E-state index is -1.11. The molecule has 1 fully saturated rings. The van der Waals surface area contributed by atoms with E-state index in [0.29, 0.717) is 19.4 Å². The lowest BCUT2D eigenvalue weighted by atomic mass is 10.00. The highest BCUT2D eigenvalue weighted by atomic mass is 16.4. The van der Waals surface area contributed by atoms with Gasteiger partial charge in [0.2, 0.25) is 0 Å². The monoisotopic (exact) mass is 230 g/mol. The summed E-state index contributed by atoms with van der Waals surface area (Å²) in [5.74, 6) is -0.976. The second kappa shape index (κ2) is 4.69. The van der Waals surface area contributed by atoms with Crippen molar-refractivity contribution in [1.29, 1.82) is 0 Å². The largest absolute Gasteiger partial charge is 0.480 e. The van der Waals surface area contributed by atoms with E-state index >= 15 is 0 Å². The first kappa shape index (κ1) is 12.8. The molecule has 1 aliphatic rings. The molecule has 6 nitrogen and oxygen atoms in total. The van der Waals surface area contributed by atoms with E-state index in [1.807, 2.05) is 0 Å². The Labute approximate surface area is 94.4 Å². The maximum absolute atomic E-state index is 11.9. The number of likely N-dealkylation sites (N-methyl/N-ethyl adjacent to an activating group) is 1. The molecule has 0 aromatic rings. The predicted octanol–water partition coefficient (Wildman–Crippen LogP) is -0.0304. The molecule has 1 unspecified atom stereocenters. The number of aliphatic hydroxyl groups excluding tert-OH is 1. The predicted molar refractivity (Wildman–Crippen MR) is 57.1 cm³/mol. The van der Waals surface area contributed by atoms with Crippen LogP contribution in [0.3, 0.4) is 0 Å². The molecule has 0 aliphatic carbocycles. The zero-order valence-electron chi connectivity index (χ0n) is 9.64. The summed E-state index contributed by atoms with van der Waals surface area (Å²) >= 11 is 0. The molecule has 2 amide bonds. The number of carboxylic acids is 1. The number of likely N-dealkylation sites (tertiary alicyclic amines) is 1. The average Bonchev–Trinajstić information content (AvgIpc) is 2.61. The van der Waals surface area contributed by atoms with Crippen molar-refractivity contribution in [3.8, 4) is 0 Å². The van der Waals surface area contributed by atoms with Gasteiger partial charge in [-0.05, 0) is 19.8 Å². The van der Waals surface area contributed by atoms with Crippen LogP contribution in [0.25, 0.3) is 0 Å². The highest BCUT2D eigenvalue weighted by Gasteiger charge is 2.46. The highest BCUT2D eigenvalue weighted by molar-refractivity contribution is 5.86. The third kappa shape index (κ3) is 2.11. The molecule has 1 saturated heterocycles. The Bertz CT molecular complexity index is 295. The minimum absolute atomic E-state index is 0.125. The quantitative estimate of drug-likeness (QED) is 0.713. The standard InChI is InChI=1S/C10H18N2O4/c1-10(8(14)15)4-3-5-12(10)9(16)11(2)6-7-13/h13H,3-7H2,1-2H3,(H,14,15). The maximum atomic E-state index is 11.9. The number of carbonyl (C=O) groups excluding carboxylic acids is 1. The van der Waals surface area contributed by atoms with Crippen molar-refractivity contribution < 1.29 is 19.8 Å². The van der Waals surface area contributed by atoms with Gasteiger partial charge in [0.05, 0.1) is 6.61 Å². The summed E-state index contributed by atoms with van der Waals surface area (Å²) in [7, 11) is 1.55. The maximum Gasteiger partial charge on any atom is 0.329 e. The Balaban J connectivity index is 2.79. The second-order valence-corrected chi connectivity index (χ2v) is 4.26. The van der Waals surface area contributed by atoms with Gasteiger partial charge in [-0.15, -0.1) is 0 Å². The Morgan fingerprint density at radius 3 is 2.62 bits per heavy atom. The van der Waals surface area contributed by atoms with Gasteiger partial charge in [-0.3, -0.25) is 0 Å². The Morgan fingerprint density at radius 1 is 1.50 bits per heavy atom. The summed E-state index contributed by atoms with van der Waals surface area (Å²) in [5.41, 5.74) is -1.11. The molecule has 1 atom stereocenters. The molecule has 0 aromatic carbocycles. The Kier molecular flexibility index (Phi) is 3.74. The molecule has 1 heterocycles. The van der Waals surface area contributed by atoms with Gasteiger partial charge in [0.1, 0.15) is 5.54 Å². The van der Waals surface area contributed by atoms with E-state index in [1.165, 1.54) is 9.80 Å². The van der Waals surface area contributed by atoms with Crippen molar-refractivity contribution >= 4 is 12.0 Å². The fourth-order valence-electron chi connectivity index (χ4n) is 1.94. The third-order valence-corrected chi connectivity index (χ3v) is 3.09. The van der Waals surface area contributed by atoms with Crippen LogP contribution in [0.5, 0.6) is 0 Å². The highest BCUT2D eigenvalue weighted by Crippen LogP contribution is 2.29. The normalized spacial score (nSPS) is 24.6. The van der Waals surface area contributed by atoms with E-state index in [9.17, 15) is 9.59 Å². The van der Waals surface area contributed by atoms with Crippen LogP contribution < -0.4 is 0 Å². The van der Waals surface area contributed by atoms with Crippen molar-refractivity contribution in [2.24, 2.45) is 0 Å². The van der Waals surface area contributed by atoms with Crippen LogP contribution in [0.4, 0.5) is 4.79 Å². The number of aliphatic carboxylic acids is 1.